The molecule has 25 heavy (non-hydrogen) atoms. The number of halogens is 1. The van der Waals surface area contributed by atoms with E-state index in [0.29, 0.717) is 25.4 Å². The minimum Gasteiger partial charge on any atom is -0.467 e. The summed E-state index contributed by atoms with van der Waals surface area (Å²) < 4.78 is 11.0. The van der Waals surface area contributed by atoms with Crippen LogP contribution < -0.4 is 0 Å². The summed E-state index contributed by atoms with van der Waals surface area (Å²) in [6, 6.07) is 3.64. The fraction of sp³-hybridized carbons (Fsp3) is 0.667. The van der Waals surface area contributed by atoms with E-state index in [1.54, 1.807) is 24.2 Å². The van der Waals surface area contributed by atoms with Gasteiger partial charge in [-0.2, -0.15) is 0 Å². The Kier molecular flexibility index (Phi) is 7.78. The Balaban J connectivity index is 2.04. The van der Waals surface area contributed by atoms with E-state index in [4.69, 9.17) is 20.8 Å². The first-order valence-electron chi connectivity index (χ1n) is 8.85. The Morgan fingerprint density at radius 1 is 1.40 bits per heavy atom. The summed E-state index contributed by atoms with van der Waals surface area (Å²) in [4.78, 5) is 28.3. The Bertz CT molecular complexity index is 541. The first kappa shape index (κ1) is 19.8. The number of hydrogen-bond donors (Lipinski definition) is 0. The molecular weight excluding hydrogens is 344 g/mol. The molecule has 7 heteroatoms. The van der Waals surface area contributed by atoms with E-state index in [1.165, 1.54) is 4.90 Å². The first-order chi connectivity index (χ1) is 12.0. The Morgan fingerprint density at radius 3 is 2.76 bits per heavy atom. The van der Waals surface area contributed by atoms with Crippen molar-refractivity contribution in [3.05, 3.63) is 24.2 Å². The molecule has 0 bridgehead atoms. The smallest absolute Gasteiger partial charge is 0.242 e. The minimum absolute atomic E-state index is 0.0250. The zero-order valence-corrected chi connectivity index (χ0v) is 15.7. The molecule has 1 aliphatic rings. The Hall–Kier alpha value is -1.53. The van der Waals surface area contributed by atoms with Crippen LogP contribution in [0.1, 0.15) is 38.9 Å². The van der Waals surface area contributed by atoms with Gasteiger partial charge in [-0.1, -0.05) is 6.92 Å². The molecule has 1 aromatic heterocycles. The van der Waals surface area contributed by atoms with E-state index in [-0.39, 0.29) is 24.5 Å². The predicted octanol–water partition coefficient (Wildman–Crippen LogP) is 2.65. The summed E-state index contributed by atoms with van der Waals surface area (Å²) in [6.45, 7) is 5.74. The molecule has 0 aromatic carbocycles. The topological polar surface area (TPSA) is 63.0 Å². The summed E-state index contributed by atoms with van der Waals surface area (Å²) in [5.74, 6) is 0.378. The number of alkyl halides is 1. The fourth-order valence-electron chi connectivity index (χ4n) is 2.93. The second kappa shape index (κ2) is 9.82. The number of ether oxygens (including phenoxy) is 1. The number of carbonyl (C=O) groups excluding carboxylic acids is 2. The minimum atomic E-state index is -0.643. The molecule has 140 valence electrons. The number of amides is 2. The molecular formula is C18H27ClN2O4. The van der Waals surface area contributed by atoms with Gasteiger partial charge in [0, 0.05) is 19.7 Å². The van der Waals surface area contributed by atoms with Crippen LogP contribution in [0.15, 0.2) is 22.8 Å². The highest BCUT2D eigenvalue weighted by Crippen LogP contribution is 2.16. The first-order valence-corrected chi connectivity index (χ1v) is 9.29. The van der Waals surface area contributed by atoms with Crippen molar-refractivity contribution >= 4 is 23.4 Å². The van der Waals surface area contributed by atoms with E-state index in [9.17, 15) is 9.59 Å². The Labute approximate surface area is 154 Å². The van der Waals surface area contributed by atoms with Gasteiger partial charge >= 0.3 is 0 Å². The summed E-state index contributed by atoms with van der Waals surface area (Å²) in [6.07, 6.45) is 4.36. The second-order valence-electron chi connectivity index (χ2n) is 6.36. The van der Waals surface area contributed by atoms with Gasteiger partial charge in [0.15, 0.2) is 0 Å². The van der Waals surface area contributed by atoms with E-state index < -0.39 is 5.38 Å². The van der Waals surface area contributed by atoms with Gasteiger partial charge < -0.3 is 19.0 Å². The van der Waals surface area contributed by atoms with Gasteiger partial charge in [-0.3, -0.25) is 9.59 Å². The third-order valence-corrected chi connectivity index (χ3v) is 4.39. The van der Waals surface area contributed by atoms with Gasteiger partial charge in [0.1, 0.15) is 11.1 Å². The maximum atomic E-state index is 12.9. The highest BCUT2D eigenvalue weighted by Gasteiger charge is 2.27. The van der Waals surface area contributed by atoms with Gasteiger partial charge in [-0.25, -0.2) is 0 Å². The molecule has 1 aliphatic heterocycles. The van der Waals surface area contributed by atoms with Gasteiger partial charge in [0.25, 0.3) is 0 Å². The molecule has 1 aromatic rings. The third-order valence-electron chi connectivity index (χ3n) is 4.20. The molecule has 1 fully saturated rings. The summed E-state index contributed by atoms with van der Waals surface area (Å²) in [5.41, 5.74) is 0. The highest BCUT2D eigenvalue weighted by molar-refractivity contribution is 6.30. The molecule has 0 aliphatic carbocycles. The van der Waals surface area contributed by atoms with Crippen molar-refractivity contribution < 1.29 is 18.7 Å². The summed E-state index contributed by atoms with van der Waals surface area (Å²) >= 11 is 5.92. The standard InChI is InChI=1S/C18H27ClN2O4/c1-3-8-20(18(23)14(2)19)13-17(22)21(11-15-6-4-9-24-15)12-16-7-5-10-25-16/h4,6,9,14,16H,3,5,7-8,10-13H2,1-2H3/t14-,16-/m1/s1. The average Bonchev–Trinajstić information content (AvgIpc) is 3.26. The van der Waals surface area contributed by atoms with Crippen LogP contribution >= 0.6 is 11.6 Å². The maximum Gasteiger partial charge on any atom is 0.242 e. The lowest BCUT2D eigenvalue weighted by atomic mass is 10.2. The zero-order chi connectivity index (χ0) is 18.2. The highest BCUT2D eigenvalue weighted by atomic mass is 35.5. The van der Waals surface area contributed by atoms with E-state index in [2.05, 4.69) is 0 Å². The molecule has 2 rings (SSSR count). The number of hydrogen-bond acceptors (Lipinski definition) is 4. The van der Waals surface area contributed by atoms with Crippen molar-refractivity contribution in [3.63, 3.8) is 0 Å². The largest absolute Gasteiger partial charge is 0.467 e. The number of rotatable bonds is 9. The van der Waals surface area contributed by atoms with Crippen molar-refractivity contribution in [2.75, 3.05) is 26.2 Å². The van der Waals surface area contributed by atoms with Crippen molar-refractivity contribution in [1.82, 2.24) is 9.80 Å². The third kappa shape index (κ3) is 6.04. The van der Waals surface area contributed by atoms with Crippen LogP contribution in [0.4, 0.5) is 0 Å². The van der Waals surface area contributed by atoms with E-state index >= 15 is 0 Å². The van der Waals surface area contributed by atoms with Crippen molar-refractivity contribution in [3.8, 4) is 0 Å². The van der Waals surface area contributed by atoms with Crippen LogP contribution in [0.2, 0.25) is 0 Å². The molecule has 2 amide bonds. The number of carbonyl (C=O) groups is 2. The number of nitrogens with zero attached hydrogens (tertiary/aromatic N) is 2. The van der Waals surface area contributed by atoms with Gasteiger partial charge in [0.2, 0.25) is 11.8 Å². The van der Waals surface area contributed by atoms with Crippen LogP contribution in [-0.2, 0) is 20.9 Å². The maximum absolute atomic E-state index is 12.9. The van der Waals surface area contributed by atoms with E-state index in [0.717, 1.165) is 25.9 Å². The van der Waals surface area contributed by atoms with Crippen LogP contribution in [0.25, 0.3) is 0 Å². The fourth-order valence-corrected chi connectivity index (χ4v) is 3.07. The molecule has 2 atom stereocenters. The summed E-state index contributed by atoms with van der Waals surface area (Å²) in [5, 5.41) is -0.643. The second-order valence-corrected chi connectivity index (χ2v) is 7.02. The average molecular weight is 371 g/mol. The molecule has 0 saturated carbocycles. The Morgan fingerprint density at radius 2 is 2.20 bits per heavy atom. The molecule has 0 unspecified atom stereocenters. The predicted molar refractivity (Wildman–Crippen MR) is 95.3 cm³/mol. The molecule has 0 N–H and O–H groups in total. The van der Waals surface area contributed by atoms with Crippen molar-refractivity contribution in [2.45, 2.75) is 51.1 Å². The van der Waals surface area contributed by atoms with Crippen LogP contribution in [0.5, 0.6) is 0 Å². The van der Waals surface area contributed by atoms with Crippen LogP contribution in [0, 0.1) is 0 Å². The number of furan rings is 1. The SMILES string of the molecule is CCCN(CC(=O)N(Cc1ccco1)C[C@H]1CCCO1)C(=O)[C@@H](C)Cl. The quantitative estimate of drug-likeness (QED) is 0.627. The normalized spacial score (nSPS) is 18.1. The van der Waals surface area contributed by atoms with Gasteiger partial charge in [0.05, 0.1) is 25.5 Å². The lowest BCUT2D eigenvalue weighted by Crippen LogP contribution is -2.46. The molecule has 2 heterocycles. The summed E-state index contributed by atoms with van der Waals surface area (Å²) in [7, 11) is 0. The molecule has 0 spiro atoms. The van der Waals surface area contributed by atoms with E-state index in [1.807, 2.05) is 13.0 Å². The van der Waals surface area contributed by atoms with Crippen molar-refractivity contribution in [2.24, 2.45) is 0 Å². The molecule has 6 nitrogen and oxygen atoms in total. The van der Waals surface area contributed by atoms with Gasteiger partial charge in [-0.15, -0.1) is 11.6 Å². The van der Waals surface area contributed by atoms with Crippen LogP contribution in [0.3, 0.4) is 0 Å². The molecule has 0 radical (unpaired) electrons. The van der Waals surface area contributed by atoms with Crippen molar-refractivity contribution in [1.29, 1.82) is 0 Å². The zero-order valence-electron chi connectivity index (χ0n) is 14.9. The monoisotopic (exact) mass is 370 g/mol. The molecule has 1 saturated heterocycles. The van der Waals surface area contributed by atoms with Gasteiger partial charge in [-0.05, 0) is 38.3 Å². The lowest BCUT2D eigenvalue weighted by Gasteiger charge is -2.29. The lowest BCUT2D eigenvalue weighted by molar-refractivity contribution is -0.141. The van der Waals surface area contributed by atoms with Crippen LogP contribution in [-0.4, -0.2) is 59.3 Å².